The van der Waals surface area contributed by atoms with Gasteiger partial charge in [0, 0.05) is 54.5 Å². The zero-order valence-electron chi connectivity index (χ0n) is 20.3. The van der Waals surface area contributed by atoms with Gasteiger partial charge in [0.25, 0.3) is 0 Å². The number of pyridine rings is 2. The van der Waals surface area contributed by atoms with E-state index in [1.54, 1.807) is 0 Å². The van der Waals surface area contributed by atoms with Gasteiger partial charge in [-0.15, -0.1) is 0 Å². The highest BCUT2D eigenvalue weighted by Crippen LogP contribution is 2.34. The topological polar surface area (TPSA) is 103 Å². The van der Waals surface area contributed by atoms with E-state index in [4.69, 9.17) is 10.7 Å². The van der Waals surface area contributed by atoms with E-state index < -0.39 is 0 Å². The third-order valence-electron chi connectivity index (χ3n) is 6.94. The summed E-state index contributed by atoms with van der Waals surface area (Å²) >= 11 is 0. The van der Waals surface area contributed by atoms with Crippen LogP contribution < -0.4 is 10.6 Å². The molecule has 0 aliphatic carbocycles. The Hall–Kier alpha value is -3.91. The van der Waals surface area contributed by atoms with Crippen molar-refractivity contribution >= 4 is 33.3 Å². The highest BCUT2D eigenvalue weighted by atomic mass is 15.2. The molecular formula is C27H30N8. The maximum atomic E-state index is 6.28. The molecule has 0 radical (unpaired) electrons. The molecule has 0 atom stereocenters. The molecule has 1 aliphatic rings. The minimum absolute atomic E-state index is 0.276. The monoisotopic (exact) mass is 466 g/mol. The number of rotatable bonds is 4. The van der Waals surface area contributed by atoms with Crippen LogP contribution in [0.3, 0.4) is 0 Å². The number of benzene rings is 1. The number of piperazine rings is 1. The fraction of sp³-hybridized carbons (Fsp3) is 0.296. The van der Waals surface area contributed by atoms with Gasteiger partial charge in [-0.1, -0.05) is 19.9 Å². The van der Waals surface area contributed by atoms with Gasteiger partial charge in [0.1, 0.15) is 11.2 Å². The molecule has 6 rings (SSSR count). The van der Waals surface area contributed by atoms with Gasteiger partial charge in [-0.2, -0.15) is 5.10 Å². The number of nitrogen functional groups attached to an aromatic ring is 1. The van der Waals surface area contributed by atoms with Gasteiger partial charge in [-0.25, -0.2) is 4.98 Å². The van der Waals surface area contributed by atoms with E-state index in [2.05, 4.69) is 75.1 Å². The summed E-state index contributed by atoms with van der Waals surface area (Å²) < 4.78 is 0. The number of fused-ring (bicyclic) bond motifs is 2. The van der Waals surface area contributed by atoms with Crippen LogP contribution in [0.4, 0.5) is 11.4 Å². The number of aromatic amines is 2. The molecule has 5 aromatic rings. The molecule has 0 saturated carbocycles. The minimum Gasteiger partial charge on any atom is -0.397 e. The molecule has 0 spiro atoms. The lowest BCUT2D eigenvalue weighted by Gasteiger charge is -2.34. The van der Waals surface area contributed by atoms with Crippen molar-refractivity contribution in [1.29, 1.82) is 0 Å². The summed E-state index contributed by atoms with van der Waals surface area (Å²) in [5, 5.41) is 8.97. The standard InChI is InChI=1S/C27H30N8/c1-16(2)25-19(28)13-17(15-29-25)20-7-8-22-26(31-20)27(33-32-22)23-14-18-21(30-23)5-4-6-24(18)35-11-9-34(3)10-12-35/h4-8,13-16,30H,9-12,28H2,1-3H3,(H,32,33). The third kappa shape index (κ3) is 3.80. The van der Waals surface area contributed by atoms with Crippen molar-refractivity contribution in [3.63, 3.8) is 0 Å². The van der Waals surface area contributed by atoms with Crippen molar-refractivity contribution in [3.05, 3.63) is 54.4 Å². The van der Waals surface area contributed by atoms with Crippen LogP contribution in [0.5, 0.6) is 0 Å². The van der Waals surface area contributed by atoms with Crippen LogP contribution in [0.25, 0.3) is 44.6 Å². The van der Waals surface area contributed by atoms with E-state index in [1.807, 2.05) is 24.4 Å². The first kappa shape index (κ1) is 21.6. The van der Waals surface area contributed by atoms with Crippen molar-refractivity contribution in [2.24, 2.45) is 0 Å². The van der Waals surface area contributed by atoms with Crippen LogP contribution in [0.2, 0.25) is 0 Å². The molecular weight excluding hydrogens is 436 g/mol. The Morgan fingerprint density at radius 1 is 1.00 bits per heavy atom. The van der Waals surface area contributed by atoms with Gasteiger partial charge in [0.15, 0.2) is 0 Å². The summed E-state index contributed by atoms with van der Waals surface area (Å²) in [6, 6.07) is 14.6. The van der Waals surface area contributed by atoms with Gasteiger partial charge >= 0.3 is 0 Å². The molecule has 1 saturated heterocycles. The second kappa shape index (κ2) is 8.39. The van der Waals surface area contributed by atoms with Crippen LogP contribution in [0.1, 0.15) is 25.5 Å². The molecule has 178 valence electrons. The van der Waals surface area contributed by atoms with Crippen LogP contribution in [-0.4, -0.2) is 63.3 Å². The molecule has 4 aromatic heterocycles. The van der Waals surface area contributed by atoms with Gasteiger partial charge in [-0.05, 0) is 49.4 Å². The molecule has 4 N–H and O–H groups in total. The SMILES string of the molecule is CC(C)c1ncc(-c2ccc3[nH]nc(-c4cc5c(N6CCN(C)CC6)cccc5[nH]4)c3n2)cc1N. The van der Waals surface area contributed by atoms with Crippen LogP contribution >= 0.6 is 0 Å². The lowest BCUT2D eigenvalue weighted by Crippen LogP contribution is -2.44. The number of hydrogen-bond donors (Lipinski definition) is 3. The molecule has 0 unspecified atom stereocenters. The first-order valence-electron chi connectivity index (χ1n) is 12.1. The maximum absolute atomic E-state index is 6.28. The lowest BCUT2D eigenvalue weighted by atomic mass is 10.1. The van der Waals surface area contributed by atoms with Crippen LogP contribution in [0.15, 0.2) is 48.7 Å². The number of aromatic nitrogens is 5. The van der Waals surface area contributed by atoms with Gasteiger partial charge in [-0.3, -0.25) is 10.1 Å². The third-order valence-corrected chi connectivity index (χ3v) is 6.94. The Balaban J connectivity index is 1.41. The first-order chi connectivity index (χ1) is 17.0. The number of likely N-dealkylation sites (N-methyl/N-ethyl adjacent to an activating group) is 1. The van der Waals surface area contributed by atoms with Crippen LogP contribution in [0, 0.1) is 0 Å². The molecule has 0 amide bonds. The number of nitrogens with zero attached hydrogens (tertiary/aromatic N) is 5. The highest BCUT2D eigenvalue weighted by Gasteiger charge is 2.19. The maximum Gasteiger partial charge on any atom is 0.135 e. The Morgan fingerprint density at radius 3 is 2.60 bits per heavy atom. The van der Waals surface area contributed by atoms with Crippen molar-refractivity contribution in [2.45, 2.75) is 19.8 Å². The van der Waals surface area contributed by atoms with Gasteiger partial charge in [0.2, 0.25) is 0 Å². The molecule has 1 fully saturated rings. The molecule has 5 heterocycles. The predicted octanol–water partition coefficient (Wildman–Crippen LogP) is 4.63. The Morgan fingerprint density at radius 2 is 1.83 bits per heavy atom. The fourth-order valence-electron chi connectivity index (χ4n) is 4.95. The summed E-state index contributed by atoms with van der Waals surface area (Å²) in [5.74, 6) is 0.276. The van der Waals surface area contributed by atoms with E-state index in [9.17, 15) is 0 Å². The summed E-state index contributed by atoms with van der Waals surface area (Å²) in [6.45, 7) is 8.38. The van der Waals surface area contributed by atoms with Crippen molar-refractivity contribution in [1.82, 2.24) is 30.0 Å². The van der Waals surface area contributed by atoms with Crippen molar-refractivity contribution < 1.29 is 0 Å². The molecule has 0 bridgehead atoms. The average Bonchev–Trinajstić information content (AvgIpc) is 3.47. The van der Waals surface area contributed by atoms with E-state index in [-0.39, 0.29) is 5.92 Å². The summed E-state index contributed by atoms with van der Waals surface area (Å²) in [6.07, 6.45) is 1.85. The zero-order chi connectivity index (χ0) is 24.1. The first-order valence-corrected chi connectivity index (χ1v) is 12.1. The number of nitrogens with one attached hydrogen (secondary N) is 2. The normalized spacial score (nSPS) is 15.0. The highest BCUT2D eigenvalue weighted by molar-refractivity contribution is 5.99. The van der Waals surface area contributed by atoms with E-state index >= 15 is 0 Å². The lowest BCUT2D eigenvalue weighted by molar-refractivity contribution is 0.313. The molecule has 35 heavy (non-hydrogen) atoms. The Bertz CT molecular complexity index is 1520. The smallest absolute Gasteiger partial charge is 0.135 e. The average molecular weight is 467 g/mol. The summed E-state index contributed by atoms with van der Waals surface area (Å²) in [5.41, 5.74) is 15.4. The minimum atomic E-state index is 0.276. The second-order valence-corrected chi connectivity index (χ2v) is 9.73. The molecule has 8 nitrogen and oxygen atoms in total. The number of anilines is 2. The molecule has 8 heteroatoms. The van der Waals surface area contributed by atoms with Gasteiger partial charge in [0.05, 0.1) is 28.3 Å². The summed E-state index contributed by atoms with van der Waals surface area (Å²) in [7, 11) is 2.18. The fourth-order valence-corrected chi connectivity index (χ4v) is 4.95. The molecule has 1 aromatic carbocycles. The molecule has 1 aliphatic heterocycles. The zero-order valence-corrected chi connectivity index (χ0v) is 20.3. The van der Waals surface area contributed by atoms with Crippen molar-refractivity contribution in [2.75, 3.05) is 43.9 Å². The predicted molar refractivity (Wildman–Crippen MR) is 143 cm³/mol. The quantitative estimate of drug-likeness (QED) is 0.357. The van der Waals surface area contributed by atoms with E-state index in [0.717, 1.165) is 71.1 Å². The number of hydrogen-bond acceptors (Lipinski definition) is 6. The van der Waals surface area contributed by atoms with Gasteiger partial charge < -0.3 is 20.5 Å². The van der Waals surface area contributed by atoms with Crippen LogP contribution in [-0.2, 0) is 0 Å². The second-order valence-electron chi connectivity index (χ2n) is 9.73. The van der Waals surface area contributed by atoms with E-state index in [0.29, 0.717) is 5.69 Å². The largest absolute Gasteiger partial charge is 0.397 e. The Labute approximate surface area is 204 Å². The van der Waals surface area contributed by atoms with Crippen molar-refractivity contribution in [3.8, 4) is 22.6 Å². The number of H-pyrrole nitrogens is 2. The number of nitrogens with two attached hydrogens (primary N) is 1. The Kier molecular flexibility index (Phi) is 5.18. The summed E-state index contributed by atoms with van der Waals surface area (Å²) in [4.78, 5) is 18.0. The van der Waals surface area contributed by atoms with E-state index in [1.165, 1.54) is 11.1 Å².